The molecule has 3 aromatic rings. The van der Waals surface area contributed by atoms with Crippen LogP contribution in [0, 0.1) is 6.92 Å². The normalized spacial score (nSPS) is 16.6. The fraction of sp³-hybridized carbons (Fsp3) is 0.318. The van der Waals surface area contributed by atoms with E-state index in [1.807, 2.05) is 48.4 Å². The molecule has 1 atom stereocenters. The summed E-state index contributed by atoms with van der Waals surface area (Å²) in [5.74, 6) is 0.927. The number of carbonyl (C=O) groups excluding carboxylic acids is 1. The number of aryl methyl sites for hydroxylation is 1. The van der Waals surface area contributed by atoms with E-state index in [9.17, 15) is 4.79 Å². The third-order valence-electron chi connectivity index (χ3n) is 5.11. The summed E-state index contributed by atoms with van der Waals surface area (Å²) < 4.78 is 1.07. The van der Waals surface area contributed by atoms with Gasteiger partial charge in [-0.05, 0) is 62.9 Å². The van der Waals surface area contributed by atoms with Gasteiger partial charge in [0.1, 0.15) is 5.82 Å². The summed E-state index contributed by atoms with van der Waals surface area (Å²) in [6.07, 6.45) is 7.00. The molecule has 4 rings (SSSR count). The first kappa shape index (κ1) is 19.9. The van der Waals surface area contributed by atoms with Crippen LogP contribution in [-0.4, -0.2) is 33.4 Å². The maximum Gasteiger partial charge on any atom is 0.254 e. The summed E-state index contributed by atoms with van der Waals surface area (Å²) in [6, 6.07) is 12.2. The van der Waals surface area contributed by atoms with Crippen LogP contribution in [0.2, 0.25) is 0 Å². The van der Waals surface area contributed by atoms with Crippen LogP contribution < -0.4 is 5.32 Å². The molecule has 0 spiro atoms. The van der Waals surface area contributed by atoms with Crippen molar-refractivity contribution in [2.24, 2.45) is 0 Å². The molecule has 1 N–H and O–H groups in total. The van der Waals surface area contributed by atoms with Crippen molar-refractivity contribution in [2.75, 3.05) is 11.9 Å². The zero-order valence-electron chi connectivity index (χ0n) is 16.6. The molecule has 1 unspecified atom stereocenters. The highest BCUT2D eigenvalue weighted by Gasteiger charge is 2.25. The largest absolute Gasteiger partial charge is 0.336 e. The molecule has 1 aliphatic rings. The topological polar surface area (TPSA) is 58.1 Å². The second-order valence-corrected chi connectivity index (χ2v) is 9.65. The molecular formula is C22H24N4OS2. The van der Waals surface area contributed by atoms with Crippen molar-refractivity contribution >= 4 is 40.0 Å². The molecule has 1 saturated heterocycles. The molecule has 0 radical (unpaired) electrons. The van der Waals surface area contributed by atoms with Crippen LogP contribution in [0.15, 0.2) is 57.9 Å². The molecule has 5 nitrogen and oxygen atoms in total. The Bertz CT molecular complexity index is 989. The fourth-order valence-electron chi connectivity index (χ4n) is 3.48. The maximum absolute atomic E-state index is 13.1. The number of carbonyl (C=O) groups is 1. The number of piperidine rings is 1. The lowest BCUT2D eigenvalue weighted by molar-refractivity contribution is 0.0634. The SMILES string of the molecule is Cc1ccc(Sc2cnc(Nc3ccccn3)s2)cc1C(=O)N1CCCCC1C. The average Bonchev–Trinajstić information content (AvgIpc) is 3.17. The van der Waals surface area contributed by atoms with Gasteiger partial charge in [0.05, 0.1) is 10.4 Å². The van der Waals surface area contributed by atoms with Gasteiger partial charge >= 0.3 is 0 Å². The molecule has 1 aromatic carbocycles. The van der Waals surface area contributed by atoms with Crippen molar-refractivity contribution < 1.29 is 4.79 Å². The molecule has 150 valence electrons. The van der Waals surface area contributed by atoms with Gasteiger partial charge in [-0.1, -0.05) is 35.2 Å². The van der Waals surface area contributed by atoms with Gasteiger partial charge in [-0.15, -0.1) is 0 Å². The quantitative estimate of drug-likeness (QED) is 0.565. The molecule has 7 heteroatoms. The summed E-state index contributed by atoms with van der Waals surface area (Å²) in [6.45, 7) is 5.02. The molecule has 0 aliphatic carbocycles. The smallest absolute Gasteiger partial charge is 0.254 e. The minimum atomic E-state index is 0.152. The average molecular weight is 425 g/mol. The predicted molar refractivity (Wildman–Crippen MR) is 119 cm³/mol. The number of thiazole rings is 1. The Morgan fingerprint density at radius 3 is 2.93 bits per heavy atom. The molecule has 0 bridgehead atoms. The van der Waals surface area contributed by atoms with Gasteiger partial charge < -0.3 is 10.2 Å². The second-order valence-electron chi connectivity index (χ2n) is 7.25. The number of hydrogen-bond donors (Lipinski definition) is 1. The lowest BCUT2D eigenvalue weighted by Crippen LogP contribution is -2.42. The van der Waals surface area contributed by atoms with Crippen molar-refractivity contribution in [1.82, 2.24) is 14.9 Å². The molecular weight excluding hydrogens is 400 g/mol. The van der Waals surface area contributed by atoms with Gasteiger partial charge in [0.15, 0.2) is 5.13 Å². The number of amides is 1. The summed E-state index contributed by atoms with van der Waals surface area (Å²) in [4.78, 5) is 24.9. The number of hydrogen-bond acceptors (Lipinski definition) is 6. The zero-order chi connectivity index (χ0) is 20.2. The number of rotatable bonds is 5. The van der Waals surface area contributed by atoms with Gasteiger partial charge in [-0.2, -0.15) is 0 Å². The number of nitrogens with one attached hydrogen (secondary N) is 1. The van der Waals surface area contributed by atoms with Gasteiger partial charge in [0.25, 0.3) is 5.91 Å². The summed E-state index contributed by atoms with van der Waals surface area (Å²) >= 11 is 3.21. The van der Waals surface area contributed by atoms with Crippen LogP contribution in [0.4, 0.5) is 10.9 Å². The van der Waals surface area contributed by atoms with E-state index in [4.69, 9.17) is 0 Å². The van der Waals surface area contributed by atoms with Crippen molar-refractivity contribution in [3.8, 4) is 0 Å². The Kier molecular flexibility index (Phi) is 6.16. The van der Waals surface area contributed by atoms with Gasteiger partial charge in [0.2, 0.25) is 0 Å². The van der Waals surface area contributed by atoms with E-state index in [1.54, 1.807) is 29.3 Å². The first-order valence-corrected chi connectivity index (χ1v) is 11.5. The molecule has 3 heterocycles. The van der Waals surface area contributed by atoms with Crippen LogP contribution in [0.3, 0.4) is 0 Å². The van der Waals surface area contributed by atoms with E-state index in [0.717, 1.165) is 50.6 Å². The Labute approximate surface area is 179 Å². The molecule has 1 aliphatic heterocycles. The van der Waals surface area contributed by atoms with Gasteiger partial charge in [0, 0.05) is 29.2 Å². The number of anilines is 2. The zero-order valence-corrected chi connectivity index (χ0v) is 18.2. The van der Waals surface area contributed by atoms with Crippen molar-refractivity contribution in [3.05, 3.63) is 59.9 Å². The Hall–Kier alpha value is -2.38. The van der Waals surface area contributed by atoms with E-state index in [1.165, 1.54) is 6.42 Å². The maximum atomic E-state index is 13.1. The fourth-order valence-corrected chi connectivity index (χ4v) is 5.38. The van der Waals surface area contributed by atoms with E-state index in [-0.39, 0.29) is 5.91 Å². The number of benzene rings is 1. The van der Waals surface area contributed by atoms with Crippen LogP contribution in [0.1, 0.15) is 42.1 Å². The highest BCUT2D eigenvalue weighted by Crippen LogP contribution is 2.36. The number of aromatic nitrogens is 2. The second kappa shape index (κ2) is 8.97. The monoisotopic (exact) mass is 424 g/mol. The minimum Gasteiger partial charge on any atom is -0.336 e. The molecule has 29 heavy (non-hydrogen) atoms. The molecule has 2 aromatic heterocycles. The van der Waals surface area contributed by atoms with Gasteiger partial charge in [-0.25, -0.2) is 9.97 Å². The Balaban J connectivity index is 1.48. The standard InChI is InChI=1S/C22H24N4OS2/c1-15-9-10-17(13-18(15)21(27)26-12-6-4-7-16(26)2)28-20-14-24-22(29-20)25-19-8-3-5-11-23-19/h3,5,8-11,13-14,16H,4,6-7,12H2,1-2H3,(H,23,24,25). The van der Waals surface area contributed by atoms with E-state index >= 15 is 0 Å². The lowest BCUT2D eigenvalue weighted by Gasteiger charge is -2.34. The van der Waals surface area contributed by atoms with E-state index in [2.05, 4.69) is 28.3 Å². The van der Waals surface area contributed by atoms with Crippen LogP contribution in [-0.2, 0) is 0 Å². The summed E-state index contributed by atoms with van der Waals surface area (Å²) in [5, 5.41) is 4.02. The molecule has 0 saturated carbocycles. The van der Waals surface area contributed by atoms with Crippen LogP contribution >= 0.6 is 23.1 Å². The van der Waals surface area contributed by atoms with Crippen molar-refractivity contribution in [2.45, 2.75) is 48.3 Å². The molecule has 1 amide bonds. The van der Waals surface area contributed by atoms with Crippen LogP contribution in [0.5, 0.6) is 0 Å². The van der Waals surface area contributed by atoms with Gasteiger partial charge in [-0.3, -0.25) is 4.79 Å². The highest BCUT2D eigenvalue weighted by molar-refractivity contribution is 8.01. The van der Waals surface area contributed by atoms with E-state index in [0.29, 0.717) is 6.04 Å². The Morgan fingerprint density at radius 1 is 1.24 bits per heavy atom. The number of likely N-dealkylation sites (tertiary alicyclic amines) is 1. The first-order chi connectivity index (χ1) is 14.1. The summed E-state index contributed by atoms with van der Waals surface area (Å²) in [7, 11) is 0. The minimum absolute atomic E-state index is 0.152. The first-order valence-electron chi connectivity index (χ1n) is 9.83. The van der Waals surface area contributed by atoms with Crippen molar-refractivity contribution in [1.29, 1.82) is 0 Å². The Morgan fingerprint density at radius 2 is 2.14 bits per heavy atom. The van der Waals surface area contributed by atoms with E-state index < -0.39 is 0 Å². The predicted octanol–water partition coefficient (Wildman–Crippen LogP) is 5.76. The third-order valence-corrected chi connectivity index (χ3v) is 7.11. The van der Waals surface area contributed by atoms with Crippen LogP contribution in [0.25, 0.3) is 0 Å². The number of nitrogens with zero attached hydrogens (tertiary/aromatic N) is 3. The molecule has 1 fully saturated rings. The highest BCUT2D eigenvalue weighted by atomic mass is 32.2. The summed E-state index contributed by atoms with van der Waals surface area (Å²) in [5.41, 5.74) is 1.83. The lowest BCUT2D eigenvalue weighted by atomic mass is 10.0. The number of pyridine rings is 1. The third kappa shape index (κ3) is 4.79. The van der Waals surface area contributed by atoms with Crippen molar-refractivity contribution in [3.63, 3.8) is 0 Å².